The number of ether oxygens (including phenoxy) is 2. The molecule has 1 aliphatic heterocycles. The fraction of sp³-hybridized carbons (Fsp3) is 0.308. The van der Waals surface area contributed by atoms with E-state index in [0.717, 1.165) is 10.9 Å². The Morgan fingerprint density at radius 3 is 3.05 bits per heavy atom. The lowest BCUT2D eigenvalue weighted by atomic mass is 10.2. The average Bonchev–Trinajstić information content (AvgIpc) is 3.01. The first-order valence-corrected chi connectivity index (χ1v) is 6.08. The van der Waals surface area contributed by atoms with Gasteiger partial charge in [-0.05, 0) is 18.2 Å². The molecule has 20 heavy (non-hydrogen) atoms. The maximum Gasteiger partial charge on any atom is 0.415 e. The molecule has 0 spiro atoms. The molecule has 1 aromatic carbocycles. The monoisotopic (exact) mass is 275 g/mol. The summed E-state index contributed by atoms with van der Waals surface area (Å²) in [5.74, 6) is -0.552. The van der Waals surface area contributed by atoms with Crippen LogP contribution in [0.3, 0.4) is 0 Å². The number of fused-ring (bicyclic) bond motifs is 1. The van der Waals surface area contributed by atoms with E-state index in [1.54, 1.807) is 16.9 Å². The Kier molecular flexibility index (Phi) is 2.81. The third-order valence-corrected chi connectivity index (χ3v) is 3.32. The van der Waals surface area contributed by atoms with Crippen LogP contribution in [-0.4, -0.2) is 41.6 Å². The van der Waals surface area contributed by atoms with Gasteiger partial charge >= 0.3 is 12.1 Å². The normalized spacial score (nSPS) is 18.4. The highest BCUT2D eigenvalue weighted by molar-refractivity contribution is 5.96. The Morgan fingerprint density at radius 2 is 2.30 bits per heavy atom. The molecule has 2 aromatic rings. The Labute approximate surface area is 114 Å². The summed E-state index contributed by atoms with van der Waals surface area (Å²) in [6.45, 7) is 0.150. The topological polar surface area (TPSA) is 73.7 Å². The number of esters is 1. The van der Waals surface area contributed by atoms with Crippen molar-refractivity contribution in [3.05, 3.63) is 24.4 Å². The first kappa shape index (κ1) is 12.5. The van der Waals surface area contributed by atoms with E-state index < -0.39 is 18.2 Å². The molecule has 1 unspecified atom stereocenters. The predicted molar refractivity (Wildman–Crippen MR) is 70.3 cm³/mol. The van der Waals surface area contributed by atoms with E-state index in [-0.39, 0.29) is 6.54 Å². The molecule has 1 aromatic heterocycles. The quantitative estimate of drug-likeness (QED) is 0.766. The third kappa shape index (κ3) is 1.87. The molecule has 0 radical (unpaired) electrons. The van der Waals surface area contributed by atoms with Crippen molar-refractivity contribution in [1.82, 2.24) is 9.78 Å². The van der Waals surface area contributed by atoms with Crippen molar-refractivity contribution in [3.63, 3.8) is 0 Å². The molecule has 1 fully saturated rings. The van der Waals surface area contributed by atoms with Crippen LogP contribution in [0.1, 0.15) is 0 Å². The van der Waals surface area contributed by atoms with Crippen LogP contribution in [0.25, 0.3) is 10.9 Å². The van der Waals surface area contributed by atoms with Crippen molar-refractivity contribution < 1.29 is 19.1 Å². The predicted octanol–water partition coefficient (Wildman–Crippen LogP) is 1.07. The molecular formula is C13H13N3O4. The van der Waals surface area contributed by atoms with Gasteiger partial charge in [0, 0.05) is 18.1 Å². The minimum Gasteiger partial charge on any atom is -0.466 e. The van der Waals surface area contributed by atoms with Crippen LogP contribution in [-0.2, 0) is 21.3 Å². The second kappa shape index (κ2) is 4.52. The van der Waals surface area contributed by atoms with Gasteiger partial charge < -0.3 is 9.47 Å². The van der Waals surface area contributed by atoms with Crippen molar-refractivity contribution in [2.45, 2.75) is 6.10 Å². The second-order valence-electron chi connectivity index (χ2n) is 4.52. The summed E-state index contributed by atoms with van der Waals surface area (Å²) in [6.07, 6.45) is 0.290. The standard InChI is InChI=1S/C13H13N3O4/c1-15-10-4-3-9(5-8(10)6-14-15)16-7-11(12(17)19-2)20-13(16)18/h3-6,11H,7H2,1-2H3. The second-order valence-corrected chi connectivity index (χ2v) is 4.52. The lowest BCUT2D eigenvalue weighted by Crippen LogP contribution is -2.28. The number of cyclic esters (lactones) is 1. The van der Waals surface area contributed by atoms with E-state index in [1.807, 2.05) is 19.2 Å². The number of aromatic nitrogens is 2. The van der Waals surface area contributed by atoms with Crippen molar-refractivity contribution in [3.8, 4) is 0 Å². The van der Waals surface area contributed by atoms with E-state index in [9.17, 15) is 9.59 Å². The van der Waals surface area contributed by atoms with Gasteiger partial charge in [-0.3, -0.25) is 9.58 Å². The van der Waals surface area contributed by atoms with Gasteiger partial charge in [0.25, 0.3) is 0 Å². The van der Waals surface area contributed by atoms with Crippen LogP contribution < -0.4 is 4.90 Å². The molecule has 7 heteroatoms. The maximum atomic E-state index is 11.8. The lowest BCUT2D eigenvalue weighted by Gasteiger charge is -2.12. The van der Waals surface area contributed by atoms with Gasteiger partial charge in [-0.25, -0.2) is 9.59 Å². The van der Waals surface area contributed by atoms with Crippen LogP contribution in [0.5, 0.6) is 0 Å². The van der Waals surface area contributed by atoms with Crippen molar-refractivity contribution in [1.29, 1.82) is 0 Å². The molecule has 1 aliphatic rings. The van der Waals surface area contributed by atoms with Crippen molar-refractivity contribution in [2.24, 2.45) is 7.05 Å². The molecule has 7 nitrogen and oxygen atoms in total. The van der Waals surface area contributed by atoms with Crippen molar-refractivity contribution in [2.75, 3.05) is 18.6 Å². The van der Waals surface area contributed by atoms with E-state index in [4.69, 9.17) is 4.74 Å². The molecule has 104 valence electrons. The first-order chi connectivity index (χ1) is 9.60. The van der Waals surface area contributed by atoms with Gasteiger partial charge in [0.2, 0.25) is 6.10 Å². The zero-order valence-corrected chi connectivity index (χ0v) is 11.1. The molecule has 1 amide bonds. The highest BCUT2D eigenvalue weighted by Crippen LogP contribution is 2.26. The number of anilines is 1. The smallest absolute Gasteiger partial charge is 0.415 e. The summed E-state index contributed by atoms with van der Waals surface area (Å²) in [6, 6.07) is 5.50. The number of nitrogens with zero attached hydrogens (tertiary/aromatic N) is 3. The number of hydrogen-bond donors (Lipinski definition) is 0. The highest BCUT2D eigenvalue weighted by Gasteiger charge is 2.37. The van der Waals surface area contributed by atoms with Crippen LogP contribution in [0, 0.1) is 0 Å². The fourth-order valence-electron chi connectivity index (χ4n) is 2.25. The fourth-order valence-corrected chi connectivity index (χ4v) is 2.25. The zero-order chi connectivity index (χ0) is 14.3. The van der Waals surface area contributed by atoms with E-state index in [1.165, 1.54) is 12.0 Å². The van der Waals surface area contributed by atoms with Crippen molar-refractivity contribution >= 4 is 28.7 Å². The van der Waals surface area contributed by atoms with Gasteiger partial charge in [0.05, 0.1) is 25.4 Å². The molecule has 0 bridgehead atoms. The number of carbonyl (C=O) groups is 2. The first-order valence-electron chi connectivity index (χ1n) is 6.08. The number of aryl methyl sites for hydroxylation is 1. The van der Waals surface area contributed by atoms with Gasteiger partial charge in [0.15, 0.2) is 0 Å². The molecule has 1 saturated heterocycles. The summed E-state index contributed by atoms with van der Waals surface area (Å²) in [4.78, 5) is 24.6. The number of hydrogen-bond acceptors (Lipinski definition) is 5. The zero-order valence-electron chi connectivity index (χ0n) is 11.1. The SMILES string of the molecule is COC(=O)C1CN(c2ccc3c(cnn3C)c2)C(=O)O1. The molecule has 0 N–H and O–H groups in total. The Bertz CT molecular complexity index is 694. The van der Waals surface area contributed by atoms with Crippen LogP contribution in [0.2, 0.25) is 0 Å². The van der Waals surface area contributed by atoms with Gasteiger partial charge in [-0.15, -0.1) is 0 Å². The molecule has 0 aliphatic carbocycles. The molecule has 0 saturated carbocycles. The minimum absolute atomic E-state index is 0.150. The number of benzene rings is 1. The van der Waals surface area contributed by atoms with Gasteiger partial charge in [-0.2, -0.15) is 5.10 Å². The largest absolute Gasteiger partial charge is 0.466 e. The maximum absolute atomic E-state index is 11.8. The van der Waals surface area contributed by atoms with E-state index in [0.29, 0.717) is 5.69 Å². The summed E-state index contributed by atoms with van der Waals surface area (Å²) < 4.78 is 11.3. The lowest BCUT2D eigenvalue weighted by molar-refractivity contribution is -0.148. The summed E-state index contributed by atoms with van der Waals surface area (Å²) in [7, 11) is 3.11. The molecule has 3 rings (SSSR count). The number of carbonyl (C=O) groups excluding carboxylic acids is 2. The Balaban J connectivity index is 1.91. The Hall–Kier alpha value is -2.57. The Morgan fingerprint density at radius 1 is 1.50 bits per heavy atom. The average molecular weight is 275 g/mol. The number of amides is 1. The van der Waals surface area contributed by atoms with Crippen LogP contribution in [0.4, 0.5) is 10.5 Å². The molecule has 2 heterocycles. The summed E-state index contributed by atoms with van der Waals surface area (Å²) in [5, 5.41) is 5.06. The summed E-state index contributed by atoms with van der Waals surface area (Å²) >= 11 is 0. The molecule has 1 atom stereocenters. The van der Waals surface area contributed by atoms with Gasteiger partial charge in [-0.1, -0.05) is 0 Å². The minimum atomic E-state index is -0.878. The van der Waals surface area contributed by atoms with Gasteiger partial charge in [0.1, 0.15) is 0 Å². The number of methoxy groups -OCH3 is 1. The van der Waals surface area contributed by atoms with E-state index in [2.05, 4.69) is 9.84 Å². The highest BCUT2D eigenvalue weighted by atomic mass is 16.6. The third-order valence-electron chi connectivity index (χ3n) is 3.32. The molecular weight excluding hydrogens is 262 g/mol. The number of rotatable bonds is 2. The summed E-state index contributed by atoms with van der Waals surface area (Å²) in [5.41, 5.74) is 1.63. The van der Waals surface area contributed by atoms with Crippen LogP contribution >= 0.6 is 0 Å². The van der Waals surface area contributed by atoms with Crippen LogP contribution in [0.15, 0.2) is 24.4 Å². The van der Waals surface area contributed by atoms with E-state index >= 15 is 0 Å².